The topological polar surface area (TPSA) is 67.6 Å². The molecule has 8 heteroatoms. The molecule has 7 nitrogen and oxygen atoms in total. The third kappa shape index (κ3) is 6.18. The molecule has 0 amide bonds. The number of hydrogen-bond donors (Lipinski definition) is 1. The molecule has 0 aliphatic heterocycles. The van der Waals surface area contributed by atoms with Gasteiger partial charge in [0.15, 0.2) is 11.8 Å². The van der Waals surface area contributed by atoms with E-state index in [0.717, 1.165) is 29.8 Å². The molecule has 1 N–H and O–H groups in total. The molecule has 1 heterocycles. The Morgan fingerprint density at radius 3 is 2.52 bits per heavy atom. The van der Waals surface area contributed by atoms with Crippen molar-refractivity contribution in [1.82, 2.24) is 25.0 Å². The Kier molecular flexibility index (Phi) is 8.91. The van der Waals surface area contributed by atoms with Crippen molar-refractivity contribution >= 4 is 29.9 Å². The highest BCUT2D eigenvalue weighted by molar-refractivity contribution is 14.0. The Bertz CT molecular complexity index is 895. The number of hydrogen-bond acceptors (Lipinski definition) is 4. The van der Waals surface area contributed by atoms with Crippen molar-refractivity contribution in [2.24, 2.45) is 4.99 Å². The third-order valence-corrected chi connectivity index (χ3v) is 4.28. The first-order valence-corrected chi connectivity index (χ1v) is 9.29. The van der Waals surface area contributed by atoms with Crippen LogP contribution in [0.3, 0.4) is 0 Å². The molecule has 154 valence electrons. The molecule has 0 aliphatic carbocycles. The highest BCUT2D eigenvalue weighted by Gasteiger charge is 2.10. The van der Waals surface area contributed by atoms with Crippen molar-refractivity contribution in [3.63, 3.8) is 0 Å². The van der Waals surface area contributed by atoms with Gasteiger partial charge in [-0.25, -0.2) is 0 Å². The molecule has 1 aromatic heterocycles. The summed E-state index contributed by atoms with van der Waals surface area (Å²) >= 11 is 0. The maximum Gasteiger partial charge on any atom is 0.194 e. The normalized spacial score (nSPS) is 10.9. The van der Waals surface area contributed by atoms with E-state index in [0.29, 0.717) is 13.2 Å². The summed E-state index contributed by atoms with van der Waals surface area (Å²) in [6, 6.07) is 18.2. The van der Waals surface area contributed by atoms with Crippen LogP contribution in [0.25, 0.3) is 5.69 Å². The molecular formula is C21H27IN6O. The number of para-hydroxylation sites is 1. The minimum Gasteiger partial charge on any atom is -0.494 e. The molecule has 29 heavy (non-hydrogen) atoms. The van der Waals surface area contributed by atoms with Crippen LogP contribution in [0.2, 0.25) is 0 Å². The van der Waals surface area contributed by atoms with Gasteiger partial charge in [0, 0.05) is 26.3 Å². The van der Waals surface area contributed by atoms with Gasteiger partial charge in [-0.2, -0.15) is 0 Å². The minimum absolute atomic E-state index is 0. The number of aliphatic imine (C=N–C) groups is 1. The van der Waals surface area contributed by atoms with Crippen LogP contribution in [0.5, 0.6) is 5.75 Å². The highest BCUT2D eigenvalue weighted by Crippen LogP contribution is 2.13. The second kappa shape index (κ2) is 11.4. The molecule has 0 saturated heterocycles. The van der Waals surface area contributed by atoms with E-state index in [1.807, 2.05) is 61.0 Å². The van der Waals surface area contributed by atoms with Crippen LogP contribution >= 0.6 is 24.0 Å². The Morgan fingerprint density at radius 2 is 1.86 bits per heavy atom. The second-order valence-electron chi connectivity index (χ2n) is 6.29. The minimum atomic E-state index is 0. The lowest BCUT2D eigenvalue weighted by atomic mass is 10.2. The fourth-order valence-corrected chi connectivity index (χ4v) is 2.93. The Morgan fingerprint density at radius 1 is 1.14 bits per heavy atom. The molecule has 0 saturated carbocycles. The second-order valence-corrected chi connectivity index (χ2v) is 6.29. The lowest BCUT2D eigenvalue weighted by Gasteiger charge is -2.22. The molecular weight excluding hydrogens is 479 g/mol. The SMILES string of the molecule is CCOc1ccc(CN(C)C(=NC)NCc2nncn2-c2ccccc2)cc1.I. The quantitative estimate of drug-likeness (QED) is 0.302. The number of rotatable bonds is 7. The smallest absolute Gasteiger partial charge is 0.194 e. The van der Waals surface area contributed by atoms with E-state index in [9.17, 15) is 0 Å². The summed E-state index contributed by atoms with van der Waals surface area (Å²) in [5.41, 5.74) is 2.21. The molecule has 0 unspecified atom stereocenters. The number of ether oxygens (including phenoxy) is 1. The first-order valence-electron chi connectivity index (χ1n) is 9.29. The molecule has 0 aliphatic rings. The fourth-order valence-electron chi connectivity index (χ4n) is 2.93. The lowest BCUT2D eigenvalue weighted by molar-refractivity contribution is 0.340. The van der Waals surface area contributed by atoms with Gasteiger partial charge in [-0.1, -0.05) is 30.3 Å². The van der Waals surface area contributed by atoms with E-state index in [1.165, 1.54) is 5.56 Å². The van der Waals surface area contributed by atoms with Gasteiger partial charge in [0.25, 0.3) is 0 Å². The molecule has 0 fully saturated rings. The van der Waals surface area contributed by atoms with E-state index >= 15 is 0 Å². The number of halogens is 1. The summed E-state index contributed by atoms with van der Waals surface area (Å²) in [7, 11) is 3.78. The summed E-state index contributed by atoms with van der Waals surface area (Å²) < 4.78 is 7.46. The Balaban J connectivity index is 0.00000300. The van der Waals surface area contributed by atoms with Crippen molar-refractivity contribution in [2.75, 3.05) is 20.7 Å². The monoisotopic (exact) mass is 506 g/mol. The van der Waals surface area contributed by atoms with E-state index < -0.39 is 0 Å². The fraction of sp³-hybridized carbons (Fsp3) is 0.286. The summed E-state index contributed by atoms with van der Waals surface area (Å²) in [6.07, 6.45) is 1.72. The molecule has 3 rings (SSSR count). The molecule has 0 radical (unpaired) electrons. The van der Waals surface area contributed by atoms with Gasteiger partial charge in [-0.3, -0.25) is 9.56 Å². The van der Waals surface area contributed by atoms with Gasteiger partial charge in [-0.05, 0) is 36.8 Å². The number of aromatic nitrogens is 3. The standard InChI is InChI=1S/C21H26N6O.HI/c1-4-28-19-12-10-17(11-13-19)15-26(3)21(22-2)23-14-20-25-24-16-27(20)18-8-6-5-7-9-18;/h5-13,16H,4,14-15H2,1-3H3,(H,22,23);1H. The van der Waals surface area contributed by atoms with Gasteiger partial charge in [-0.15, -0.1) is 34.2 Å². The largest absolute Gasteiger partial charge is 0.494 e. The molecule has 3 aromatic rings. The number of nitrogens with zero attached hydrogens (tertiary/aromatic N) is 5. The first-order chi connectivity index (χ1) is 13.7. The van der Waals surface area contributed by atoms with E-state index in [-0.39, 0.29) is 24.0 Å². The van der Waals surface area contributed by atoms with Crippen molar-refractivity contribution in [3.8, 4) is 11.4 Å². The number of benzene rings is 2. The van der Waals surface area contributed by atoms with Crippen molar-refractivity contribution in [2.45, 2.75) is 20.0 Å². The van der Waals surface area contributed by atoms with Gasteiger partial charge < -0.3 is 15.0 Å². The highest BCUT2D eigenvalue weighted by atomic mass is 127. The zero-order valence-electron chi connectivity index (χ0n) is 16.9. The van der Waals surface area contributed by atoms with Gasteiger partial charge >= 0.3 is 0 Å². The number of guanidine groups is 1. The molecule has 0 spiro atoms. The molecule has 0 bridgehead atoms. The summed E-state index contributed by atoms with van der Waals surface area (Å²) in [5.74, 6) is 2.50. The maximum atomic E-state index is 5.50. The predicted octanol–water partition coefficient (Wildman–Crippen LogP) is 3.49. The average molecular weight is 506 g/mol. The predicted molar refractivity (Wildman–Crippen MR) is 126 cm³/mol. The van der Waals surface area contributed by atoms with Crippen molar-refractivity contribution in [1.29, 1.82) is 0 Å². The van der Waals surface area contributed by atoms with Crippen molar-refractivity contribution < 1.29 is 4.74 Å². The third-order valence-electron chi connectivity index (χ3n) is 4.28. The van der Waals surface area contributed by atoms with E-state index in [1.54, 1.807) is 13.4 Å². The maximum absolute atomic E-state index is 5.50. The van der Waals surface area contributed by atoms with E-state index in [2.05, 4.69) is 37.5 Å². The zero-order chi connectivity index (χ0) is 19.8. The van der Waals surface area contributed by atoms with Crippen LogP contribution in [0.15, 0.2) is 65.9 Å². The van der Waals surface area contributed by atoms with E-state index in [4.69, 9.17) is 4.74 Å². The zero-order valence-corrected chi connectivity index (χ0v) is 19.3. The average Bonchev–Trinajstić information content (AvgIpc) is 3.19. The Labute approximate surface area is 188 Å². The summed E-state index contributed by atoms with van der Waals surface area (Å²) in [6.45, 7) is 3.91. The molecule has 2 aromatic carbocycles. The van der Waals surface area contributed by atoms with Crippen molar-refractivity contribution in [3.05, 3.63) is 72.3 Å². The Hall–Kier alpha value is -2.62. The summed E-state index contributed by atoms with van der Waals surface area (Å²) in [5, 5.41) is 11.6. The van der Waals surface area contributed by atoms with Gasteiger partial charge in [0.1, 0.15) is 12.1 Å². The van der Waals surface area contributed by atoms with Crippen LogP contribution in [0.4, 0.5) is 0 Å². The number of nitrogens with one attached hydrogen (secondary N) is 1. The van der Waals surface area contributed by atoms with Crippen LogP contribution in [-0.2, 0) is 13.1 Å². The van der Waals surface area contributed by atoms with Gasteiger partial charge in [0.05, 0.1) is 13.2 Å². The van der Waals surface area contributed by atoms with Crippen LogP contribution < -0.4 is 10.1 Å². The summed E-state index contributed by atoms with van der Waals surface area (Å²) in [4.78, 5) is 6.45. The molecule has 0 atom stereocenters. The van der Waals surface area contributed by atoms with Gasteiger partial charge in [0.2, 0.25) is 0 Å². The lowest BCUT2D eigenvalue weighted by Crippen LogP contribution is -2.38. The first kappa shape index (κ1) is 22.7. The van der Waals surface area contributed by atoms with Crippen LogP contribution in [0, 0.1) is 0 Å². The van der Waals surface area contributed by atoms with Crippen LogP contribution in [0.1, 0.15) is 18.3 Å². The van der Waals surface area contributed by atoms with Crippen LogP contribution in [-0.4, -0.2) is 46.3 Å².